The molecule has 2 nitrogen and oxygen atoms in total. The summed E-state index contributed by atoms with van der Waals surface area (Å²) in [5.74, 6) is 0.621. The lowest BCUT2D eigenvalue weighted by atomic mass is 9.96. The van der Waals surface area contributed by atoms with Crippen molar-refractivity contribution in [3.63, 3.8) is 0 Å². The number of ketones is 1. The summed E-state index contributed by atoms with van der Waals surface area (Å²) in [6.45, 7) is 2.72. The Hall–Kier alpha value is -1.67. The van der Waals surface area contributed by atoms with Crippen LogP contribution in [0.2, 0.25) is 0 Å². The maximum atomic E-state index is 12.2. The minimum absolute atomic E-state index is 0.215. The number of fused-ring (bicyclic) bond motifs is 1. The maximum Gasteiger partial charge on any atom is 0.163 e. The maximum absolute atomic E-state index is 12.2. The molecule has 0 aliphatic rings. The molecule has 0 saturated carbocycles. The fourth-order valence-corrected chi connectivity index (χ4v) is 2.10. The Morgan fingerprint density at radius 3 is 2.67 bits per heavy atom. The van der Waals surface area contributed by atoms with Crippen molar-refractivity contribution in [1.82, 2.24) is 0 Å². The van der Waals surface area contributed by atoms with E-state index in [9.17, 15) is 4.79 Å². The molecule has 0 aliphatic heterocycles. The first kappa shape index (κ1) is 12.8. The normalized spacial score (nSPS) is 12.6. The number of Topliss-reactive ketones (excluding diaryl/α,β-unsaturated/α-hetero) is 1. The second kappa shape index (κ2) is 5.78. The lowest BCUT2D eigenvalue weighted by Gasteiger charge is -2.09. The van der Waals surface area contributed by atoms with Crippen molar-refractivity contribution < 1.29 is 4.79 Å². The SMILES string of the molecule is CC(CN)CCC(=O)c1cccc2ccccc12. The average Bonchev–Trinajstić information content (AvgIpc) is 2.43. The van der Waals surface area contributed by atoms with E-state index < -0.39 is 0 Å². The van der Waals surface area contributed by atoms with Crippen molar-refractivity contribution in [1.29, 1.82) is 0 Å². The Morgan fingerprint density at radius 2 is 1.89 bits per heavy atom. The number of benzene rings is 2. The van der Waals surface area contributed by atoms with Crippen LogP contribution in [0.5, 0.6) is 0 Å². The van der Waals surface area contributed by atoms with Crippen LogP contribution in [-0.2, 0) is 0 Å². The third-order valence-electron chi connectivity index (χ3n) is 3.36. The number of hydrogen-bond donors (Lipinski definition) is 1. The van der Waals surface area contributed by atoms with Crippen LogP contribution >= 0.6 is 0 Å². The van der Waals surface area contributed by atoms with Gasteiger partial charge in [0.05, 0.1) is 0 Å². The smallest absolute Gasteiger partial charge is 0.163 e. The summed E-state index contributed by atoms with van der Waals surface area (Å²) in [5.41, 5.74) is 6.41. The fourth-order valence-electron chi connectivity index (χ4n) is 2.10. The largest absolute Gasteiger partial charge is 0.330 e. The molecule has 2 rings (SSSR count). The standard InChI is InChI=1S/C16H19NO/c1-12(11-17)9-10-16(18)15-8-4-6-13-5-2-3-7-14(13)15/h2-8,12H,9-11,17H2,1H3. The lowest BCUT2D eigenvalue weighted by Crippen LogP contribution is -2.12. The predicted octanol–water partition coefficient (Wildman–Crippen LogP) is 3.40. The summed E-state index contributed by atoms with van der Waals surface area (Å²) in [6, 6.07) is 13.9. The van der Waals surface area contributed by atoms with Crippen molar-refractivity contribution in [3.05, 3.63) is 48.0 Å². The van der Waals surface area contributed by atoms with Gasteiger partial charge in [0.15, 0.2) is 5.78 Å². The van der Waals surface area contributed by atoms with E-state index in [4.69, 9.17) is 5.73 Å². The predicted molar refractivity (Wildman–Crippen MR) is 75.7 cm³/mol. The number of nitrogens with two attached hydrogens (primary N) is 1. The average molecular weight is 241 g/mol. The van der Waals surface area contributed by atoms with Crippen LogP contribution in [0.3, 0.4) is 0 Å². The van der Waals surface area contributed by atoms with Gasteiger partial charge in [-0.15, -0.1) is 0 Å². The first-order chi connectivity index (χ1) is 8.72. The van der Waals surface area contributed by atoms with E-state index >= 15 is 0 Å². The Morgan fingerprint density at radius 1 is 1.17 bits per heavy atom. The summed E-state index contributed by atoms with van der Waals surface area (Å²) in [5, 5.41) is 2.17. The molecule has 0 fully saturated rings. The third-order valence-corrected chi connectivity index (χ3v) is 3.36. The minimum atomic E-state index is 0.215. The van der Waals surface area contributed by atoms with E-state index in [0.717, 1.165) is 22.8 Å². The van der Waals surface area contributed by atoms with Gasteiger partial charge in [0.1, 0.15) is 0 Å². The Balaban J connectivity index is 2.22. The highest BCUT2D eigenvalue weighted by molar-refractivity contribution is 6.08. The summed E-state index contributed by atoms with van der Waals surface area (Å²) in [7, 11) is 0. The van der Waals surface area contributed by atoms with E-state index in [-0.39, 0.29) is 5.78 Å². The molecule has 0 aromatic heterocycles. The van der Waals surface area contributed by atoms with Gasteiger partial charge in [0.2, 0.25) is 0 Å². The Labute approximate surface area is 108 Å². The molecule has 2 heteroatoms. The van der Waals surface area contributed by atoms with E-state index in [2.05, 4.69) is 6.92 Å². The van der Waals surface area contributed by atoms with Crippen LogP contribution in [0.4, 0.5) is 0 Å². The molecule has 0 aliphatic carbocycles. The molecule has 0 amide bonds. The van der Waals surface area contributed by atoms with Gasteiger partial charge < -0.3 is 5.73 Å². The topological polar surface area (TPSA) is 43.1 Å². The molecule has 18 heavy (non-hydrogen) atoms. The van der Waals surface area contributed by atoms with Crippen molar-refractivity contribution >= 4 is 16.6 Å². The molecule has 0 saturated heterocycles. The summed E-state index contributed by atoms with van der Waals surface area (Å²) in [4.78, 5) is 12.2. The van der Waals surface area contributed by atoms with Gasteiger partial charge in [-0.25, -0.2) is 0 Å². The van der Waals surface area contributed by atoms with Gasteiger partial charge in [-0.1, -0.05) is 49.4 Å². The highest BCUT2D eigenvalue weighted by Crippen LogP contribution is 2.20. The first-order valence-electron chi connectivity index (χ1n) is 6.43. The van der Waals surface area contributed by atoms with Crippen LogP contribution in [0, 0.1) is 5.92 Å². The Kier molecular flexibility index (Phi) is 4.11. The van der Waals surface area contributed by atoms with Crippen LogP contribution in [0.25, 0.3) is 10.8 Å². The van der Waals surface area contributed by atoms with Gasteiger partial charge in [-0.2, -0.15) is 0 Å². The molecule has 2 aromatic rings. The molecular formula is C16H19NO. The minimum Gasteiger partial charge on any atom is -0.330 e. The zero-order valence-corrected chi connectivity index (χ0v) is 10.7. The highest BCUT2D eigenvalue weighted by atomic mass is 16.1. The number of rotatable bonds is 5. The van der Waals surface area contributed by atoms with Crippen LogP contribution in [0.15, 0.2) is 42.5 Å². The summed E-state index contributed by atoms with van der Waals surface area (Å²) >= 11 is 0. The van der Waals surface area contributed by atoms with Crippen molar-refractivity contribution in [2.75, 3.05) is 6.54 Å². The van der Waals surface area contributed by atoms with Crippen molar-refractivity contribution in [2.24, 2.45) is 11.7 Å². The molecule has 1 atom stereocenters. The monoisotopic (exact) mass is 241 g/mol. The zero-order chi connectivity index (χ0) is 13.0. The molecular weight excluding hydrogens is 222 g/mol. The van der Waals surface area contributed by atoms with Crippen molar-refractivity contribution in [2.45, 2.75) is 19.8 Å². The molecule has 0 heterocycles. The fraction of sp³-hybridized carbons (Fsp3) is 0.312. The molecule has 0 bridgehead atoms. The zero-order valence-electron chi connectivity index (χ0n) is 10.7. The van der Waals surface area contributed by atoms with Gasteiger partial charge in [0.25, 0.3) is 0 Å². The van der Waals surface area contributed by atoms with Gasteiger partial charge in [-0.05, 0) is 29.7 Å². The second-order valence-corrected chi connectivity index (χ2v) is 4.83. The van der Waals surface area contributed by atoms with Gasteiger partial charge in [0, 0.05) is 12.0 Å². The third kappa shape index (κ3) is 2.77. The lowest BCUT2D eigenvalue weighted by molar-refractivity contribution is 0.0976. The van der Waals surface area contributed by atoms with E-state index in [0.29, 0.717) is 18.9 Å². The number of carbonyl (C=O) groups is 1. The summed E-state index contributed by atoms with van der Waals surface area (Å²) < 4.78 is 0. The first-order valence-corrected chi connectivity index (χ1v) is 6.43. The van der Waals surface area contributed by atoms with Crippen LogP contribution in [-0.4, -0.2) is 12.3 Å². The van der Waals surface area contributed by atoms with E-state index in [1.165, 1.54) is 0 Å². The second-order valence-electron chi connectivity index (χ2n) is 4.83. The number of hydrogen-bond acceptors (Lipinski definition) is 2. The quantitative estimate of drug-likeness (QED) is 0.815. The highest BCUT2D eigenvalue weighted by Gasteiger charge is 2.10. The molecule has 94 valence electrons. The van der Waals surface area contributed by atoms with E-state index in [1.807, 2.05) is 42.5 Å². The summed E-state index contributed by atoms with van der Waals surface area (Å²) in [6.07, 6.45) is 1.44. The van der Waals surface area contributed by atoms with Gasteiger partial charge in [-0.3, -0.25) is 4.79 Å². The Bertz CT molecular complexity index is 542. The van der Waals surface area contributed by atoms with E-state index in [1.54, 1.807) is 0 Å². The molecule has 1 unspecified atom stereocenters. The van der Waals surface area contributed by atoms with Crippen LogP contribution < -0.4 is 5.73 Å². The van der Waals surface area contributed by atoms with Gasteiger partial charge >= 0.3 is 0 Å². The molecule has 2 N–H and O–H groups in total. The molecule has 0 spiro atoms. The molecule has 2 aromatic carbocycles. The molecule has 0 radical (unpaired) electrons. The number of carbonyl (C=O) groups excluding carboxylic acids is 1. The van der Waals surface area contributed by atoms with Crippen molar-refractivity contribution in [3.8, 4) is 0 Å². The van der Waals surface area contributed by atoms with Crippen LogP contribution in [0.1, 0.15) is 30.1 Å².